The number of carbonyl (C=O) groups excluding carboxylic acids is 1. The number of para-hydroxylation sites is 1. The number of halogens is 1. The molecule has 1 fully saturated rings. The molecule has 0 aromatic heterocycles. The first-order chi connectivity index (χ1) is 11.6. The molecule has 0 bridgehead atoms. The van der Waals surface area contributed by atoms with Crippen molar-refractivity contribution < 1.29 is 14.6 Å². The number of phenols is 1. The van der Waals surface area contributed by atoms with E-state index in [0.717, 1.165) is 18.6 Å². The Labute approximate surface area is 145 Å². The number of ether oxygens (including phenoxy) is 1. The van der Waals surface area contributed by atoms with Crippen molar-refractivity contribution in [3.05, 3.63) is 58.6 Å². The van der Waals surface area contributed by atoms with E-state index in [1.807, 2.05) is 23.1 Å². The van der Waals surface area contributed by atoms with Crippen molar-refractivity contribution in [1.82, 2.24) is 4.90 Å². The van der Waals surface area contributed by atoms with Crippen LogP contribution in [0.5, 0.6) is 11.5 Å². The highest BCUT2D eigenvalue weighted by Gasteiger charge is 2.43. The van der Waals surface area contributed by atoms with Crippen LogP contribution >= 0.6 is 11.6 Å². The van der Waals surface area contributed by atoms with E-state index < -0.39 is 0 Å². The maximum absolute atomic E-state index is 12.7. The van der Waals surface area contributed by atoms with Crippen molar-refractivity contribution in [2.75, 3.05) is 19.7 Å². The van der Waals surface area contributed by atoms with Gasteiger partial charge in [0.1, 0.15) is 11.5 Å². The molecule has 0 saturated carbocycles. The number of nitrogens with zero attached hydrogens (tertiary/aromatic N) is 1. The van der Waals surface area contributed by atoms with E-state index in [9.17, 15) is 9.90 Å². The highest BCUT2D eigenvalue weighted by atomic mass is 35.5. The number of phenolic OH excluding ortho intramolecular Hbond substituents is 1. The van der Waals surface area contributed by atoms with Gasteiger partial charge in [0, 0.05) is 24.1 Å². The van der Waals surface area contributed by atoms with Crippen molar-refractivity contribution in [2.45, 2.75) is 18.3 Å². The minimum Gasteiger partial charge on any atom is -0.506 e. The number of fused-ring (bicyclic) bond motifs is 2. The molecule has 124 valence electrons. The normalized spacial score (nSPS) is 18.3. The Morgan fingerprint density at radius 1 is 1.12 bits per heavy atom. The van der Waals surface area contributed by atoms with Crippen LogP contribution in [-0.4, -0.2) is 35.6 Å². The standard InChI is InChI=1S/C19H18ClNO3/c20-17-13(4-3-6-15(17)22)18(23)21-10-8-19(9-11-21)12-24-16-7-2-1-5-14(16)19/h1-7,22H,8-12H2. The molecule has 1 spiro atoms. The van der Waals surface area contributed by atoms with E-state index in [0.29, 0.717) is 25.3 Å². The molecular weight excluding hydrogens is 326 g/mol. The van der Waals surface area contributed by atoms with Crippen LogP contribution in [-0.2, 0) is 5.41 Å². The fourth-order valence-corrected chi connectivity index (χ4v) is 3.94. The van der Waals surface area contributed by atoms with Gasteiger partial charge in [0.2, 0.25) is 0 Å². The third-order valence-corrected chi connectivity index (χ3v) is 5.58. The summed E-state index contributed by atoms with van der Waals surface area (Å²) >= 11 is 6.08. The molecule has 1 N–H and O–H groups in total. The number of piperidine rings is 1. The smallest absolute Gasteiger partial charge is 0.255 e. The maximum atomic E-state index is 12.7. The molecule has 2 aliphatic rings. The van der Waals surface area contributed by atoms with Gasteiger partial charge in [-0.25, -0.2) is 0 Å². The van der Waals surface area contributed by atoms with Gasteiger partial charge in [-0.2, -0.15) is 0 Å². The summed E-state index contributed by atoms with van der Waals surface area (Å²) in [6, 6.07) is 12.9. The molecule has 0 radical (unpaired) electrons. The molecule has 0 unspecified atom stereocenters. The van der Waals surface area contributed by atoms with E-state index in [1.54, 1.807) is 12.1 Å². The van der Waals surface area contributed by atoms with Gasteiger partial charge >= 0.3 is 0 Å². The predicted octanol–water partition coefficient (Wildman–Crippen LogP) is 3.61. The van der Waals surface area contributed by atoms with Crippen LogP contribution in [0.15, 0.2) is 42.5 Å². The van der Waals surface area contributed by atoms with Gasteiger partial charge in [-0.05, 0) is 31.0 Å². The van der Waals surface area contributed by atoms with E-state index in [1.165, 1.54) is 11.6 Å². The minimum absolute atomic E-state index is 0.00992. The zero-order valence-corrected chi connectivity index (χ0v) is 13.9. The number of likely N-dealkylation sites (tertiary alicyclic amines) is 1. The van der Waals surface area contributed by atoms with Crippen molar-refractivity contribution in [3.8, 4) is 11.5 Å². The fraction of sp³-hybridized carbons (Fsp3) is 0.316. The van der Waals surface area contributed by atoms with Crippen molar-refractivity contribution in [2.24, 2.45) is 0 Å². The van der Waals surface area contributed by atoms with Gasteiger partial charge < -0.3 is 14.7 Å². The highest BCUT2D eigenvalue weighted by molar-refractivity contribution is 6.35. The molecule has 2 aromatic rings. The van der Waals surface area contributed by atoms with E-state index in [2.05, 4.69) is 6.07 Å². The Bertz CT molecular complexity index is 797. The first-order valence-corrected chi connectivity index (χ1v) is 8.48. The number of rotatable bonds is 1. The Hall–Kier alpha value is -2.20. The van der Waals surface area contributed by atoms with Crippen LogP contribution in [0.3, 0.4) is 0 Å². The van der Waals surface area contributed by atoms with Crippen LogP contribution in [0.1, 0.15) is 28.8 Å². The van der Waals surface area contributed by atoms with Gasteiger partial charge in [-0.3, -0.25) is 4.79 Å². The molecule has 0 atom stereocenters. The van der Waals surface area contributed by atoms with Crippen molar-refractivity contribution in [3.63, 3.8) is 0 Å². The molecule has 2 aromatic carbocycles. The van der Waals surface area contributed by atoms with E-state index in [4.69, 9.17) is 16.3 Å². The van der Waals surface area contributed by atoms with Gasteiger partial charge in [-0.15, -0.1) is 0 Å². The SMILES string of the molecule is O=C(c1cccc(O)c1Cl)N1CCC2(CC1)COc1ccccc12. The van der Waals surface area contributed by atoms with Crippen LogP contribution < -0.4 is 4.74 Å². The lowest BCUT2D eigenvalue weighted by Crippen LogP contribution is -2.46. The monoisotopic (exact) mass is 343 g/mol. The quantitative estimate of drug-likeness (QED) is 0.860. The van der Waals surface area contributed by atoms with Crippen LogP contribution in [0, 0.1) is 0 Å². The number of hydrogen-bond acceptors (Lipinski definition) is 3. The van der Waals surface area contributed by atoms with Crippen molar-refractivity contribution >= 4 is 17.5 Å². The molecule has 0 aliphatic carbocycles. The highest BCUT2D eigenvalue weighted by Crippen LogP contribution is 2.45. The Kier molecular flexibility index (Phi) is 3.65. The zero-order valence-electron chi connectivity index (χ0n) is 13.2. The molecule has 2 heterocycles. The lowest BCUT2D eigenvalue weighted by atomic mass is 9.74. The number of benzene rings is 2. The molecule has 1 amide bonds. The van der Waals surface area contributed by atoms with Crippen LogP contribution in [0.4, 0.5) is 0 Å². The predicted molar refractivity (Wildman–Crippen MR) is 91.9 cm³/mol. The van der Waals surface area contributed by atoms with Crippen LogP contribution in [0.2, 0.25) is 5.02 Å². The summed E-state index contributed by atoms with van der Waals surface area (Å²) in [7, 11) is 0. The largest absolute Gasteiger partial charge is 0.506 e. The minimum atomic E-state index is -0.127. The first-order valence-electron chi connectivity index (χ1n) is 8.10. The Morgan fingerprint density at radius 3 is 2.67 bits per heavy atom. The maximum Gasteiger partial charge on any atom is 0.255 e. The lowest BCUT2D eigenvalue weighted by molar-refractivity contribution is 0.0646. The topological polar surface area (TPSA) is 49.8 Å². The summed E-state index contributed by atoms with van der Waals surface area (Å²) in [6.07, 6.45) is 1.73. The van der Waals surface area contributed by atoms with Gasteiger partial charge in [-0.1, -0.05) is 35.9 Å². The van der Waals surface area contributed by atoms with Gasteiger partial charge in [0.25, 0.3) is 5.91 Å². The second-order valence-corrected chi connectivity index (χ2v) is 6.87. The summed E-state index contributed by atoms with van der Waals surface area (Å²) in [5.41, 5.74) is 1.62. The first kappa shape index (κ1) is 15.3. The summed E-state index contributed by atoms with van der Waals surface area (Å²) in [5, 5.41) is 9.83. The van der Waals surface area contributed by atoms with Crippen LogP contribution in [0.25, 0.3) is 0 Å². The van der Waals surface area contributed by atoms with E-state index in [-0.39, 0.29) is 22.1 Å². The Morgan fingerprint density at radius 2 is 1.88 bits per heavy atom. The molecular formula is C19H18ClNO3. The average molecular weight is 344 g/mol. The molecule has 1 saturated heterocycles. The summed E-state index contributed by atoms with van der Waals surface area (Å²) in [4.78, 5) is 14.5. The number of hydrogen-bond donors (Lipinski definition) is 1. The molecule has 5 heteroatoms. The number of carbonyl (C=O) groups is 1. The average Bonchev–Trinajstić information content (AvgIpc) is 2.96. The Balaban J connectivity index is 1.53. The van der Waals surface area contributed by atoms with Crippen molar-refractivity contribution in [1.29, 1.82) is 0 Å². The third-order valence-electron chi connectivity index (χ3n) is 5.18. The second kappa shape index (κ2) is 5.71. The molecule has 24 heavy (non-hydrogen) atoms. The zero-order chi connectivity index (χ0) is 16.7. The molecule has 2 aliphatic heterocycles. The molecule has 4 rings (SSSR count). The lowest BCUT2D eigenvalue weighted by Gasteiger charge is -2.38. The van der Waals surface area contributed by atoms with Gasteiger partial charge in [0.15, 0.2) is 0 Å². The van der Waals surface area contributed by atoms with Gasteiger partial charge in [0.05, 0.1) is 17.2 Å². The second-order valence-electron chi connectivity index (χ2n) is 6.50. The summed E-state index contributed by atoms with van der Waals surface area (Å²) in [6.45, 7) is 1.99. The van der Waals surface area contributed by atoms with E-state index >= 15 is 0 Å². The third kappa shape index (κ3) is 2.33. The summed E-state index contributed by atoms with van der Waals surface area (Å²) in [5.74, 6) is 0.778. The fourth-order valence-electron chi connectivity index (χ4n) is 3.73. The molecule has 4 nitrogen and oxygen atoms in total. The number of amides is 1. The summed E-state index contributed by atoms with van der Waals surface area (Å²) < 4.78 is 5.85. The number of aromatic hydroxyl groups is 1.